The van der Waals surface area contributed by atoms with Crippen molar-refractivity contribution in [3.63, 3.8) is 0 Å². The van der Waals surface area contributed by atoms with Gasteiger partial charge >= 0.3 is 0 Å². The maximum absolute atomic E-state index is 6.05. The first-order valence-corrected chi connectivity index (χ1v) is 14.7. The summed E-state index contributed by atoms with van der Waals surface area (Å²) in [5.74, 6) is 1.71. The number of aromatic nitrogens is 10. The molecular formula is C28H29Cl3N10S2. The van der Waals surface area contributed by atoms with E-state index >= 15 is 0 Å². The number of aryl methyl sites for hydroxylation is 6. The van der Waals surface area contributed by atoms with Crippen LogP contribution in [0.25, 0.3) is 11.4 Å². The van der Waals surface area contributed by atoms with E-state index in [0.717, 1.165) is 60.1 Å². The first kappa shape index (κ1) is 32.4. The number of hydrogen-bond donors (Lipinski definition) is 2. The number of H-pyrrole nitrogens is 2. The molecule has 0 aliphatic rings. The van der Waals surface area contributed by atoms with Crippen molar-refractivity contribution in [1.82, 2.24) is 49.1 Å². The molecule has 0 bridgehead atoms. The molecule has 2 aromatic carbocycles. The number of halogens is 3. The number of rotatable bonds is 8. The summed E-state index contributed by atoms with van der Waals surface area (Å²) >= 11 is 22.7. The van der Waals surface area contributed by atoms with Gasteiger partial charge in [0.15, 0.2) is 9.54 Å². The van der Waals surface area contributed by atoms with Crippen LogP contribution in [0, 0.1) is 23.4 Å². The third-order valence-corrected chi connectivity index (χ3v) is 7.29. The Morgan fingerprint density at radius 1 is 0.698 bits per heavy atom. The molecule has 4 heterocycles. The predicted octanol–water partition coefficient (Wildman–Crippen LogP) is 7.08. The van der Waals surface area contributed by atoms with Gasteiger partial charge in [0, 0.05) is 48.4 Å². The van der Waals surface area contributed by atoms with Gasteiger partial charge in [-0.25, -0.2) is 0 Å². The largest absolute Gasteiger partial charge is 0.272 e. The van der Waals surface area contributed by atoms with Crippen LogP contribution in [0.4, 0.5) is 0 Å². The third kappa shape index (κ3) is 8.30. The molecule has 0 saturated carbocycles. The van der Waals surface area contributed by atoms with Gasteiger partial charge in [0.05, 0.1) is 23.8 Å². The monoisotopic (exact) mass is 674 g/mol. The number of nitrogens with zero attached hydrogens (tertiary/aromatic N) is 8. The van der Waals surface area contributed by atoms with Crippen LogP contribution >= 0.6 is 60.0 Å². The van der Waals surface area contributed by atoms with Gasteiger partial charge in [-0.3, -0.25) is 28.7 Å². The fraction of sp³-hybridized carbons (Fsp3) is 0.214. The molecule has 6 rings (SSSR count). The Morgan fingerprint density at radius 3 is 1.47 bits per heavy atom. The highest BCUT2D eigenvalue weighted by Crippen LogP contribution is 2.18. The van der Waals surface area contributed by atoms with Gasteiger partial charge in [-0.2, -0.15) is 20.4 Å². The molecule has 10 nitrogen and oxygen atoms in total. The van der Waals surface area contributed by atoms with Gasteiger partial charge in [0.25, 0.3) is 0 Å². The summed E-state index contributed by atoms with van der Waals surface area (Å²) in [5.41, 5.74) is 4.10. The van der Waals surface area contributed by atoms with Crippen molar-refractivity contribution in [2.24, 2.45) is 0 Å². The van der Waals surface area contributed by atoms with Crippen LogP contribution in [-0.2, 0) is 25.9 Å². The Balaban J connectivity index is 0.000000192. The van der Waals surface area contributed by atoms with E-state index in [0.29, 0.717) is 19.6 Å². The zero-order valence-corrected chi connectivity index (χ0v) is 27.3. The summed E-state index contributed by atoms with van der Waals surface area (Å²) in [5, 5.41) is 24.2. The summed E-state index contributed by atoms with van der Waals surface area (Å²) < 4.78 is 8.72. The van der Waals surface area contributed by atoms with Crippen LogP contribution in [0.3, 0.4) is 0 Å². The van der Waals surface area contributed by atoms with E-state index in [9.17, 15) is 0 Å². The average Bonchev–Trinajstić information content (AvgIpc) is 3.75. The van der Waals surface area contributed by atoms with Crippen LogP contribution in [0.1, 0.15) is 22.8 Å². The first-order chi connectivity index (χ1) is 20.3. The van der Waals surface area contributed by atoms with Crippen molar-refractivity contribution in [1.29, 1.82) is 0 Å². The summed E-state index contributed by atoms with van der Waals surface area (Å²) in [4.78, 5) is 0. The summed E-state index contributed by atoms with van der Waals surface area (Å²) in [6.07, 6.45) is 9.14. The molecule has 15 heteroatoms. The molecule has 0 fully saturated rings. The maximum Gasteiger partial charge on any atom is 0.199 e. The number of nitrogens with one attached hydrogen (secondary N) is 2. The lowest BCUT2D eigenvalue weighted by Crippen LogP contribution is -2.07. The minimum absolute atomic E-state index is 0. The van der Waals surface area contributed by atoms with E-state index in [1.807, 2.05) is 106 Å². The number of aromatic amines is 2. The molecule has 6 aromatic rings. The standard InChI is InChI=1S/2C14H14ClN5S.ClH/c2*1-10-8-16-19(9-10)6-5-13-17-18-14(21)20(13)12-4-2-3-11(15)7-12;/h2*2-4,7-9H,5-6H2,1H3,(H,18,21);1H. The summed E-state index contributed by atoms with van der Waals surface area (Å²) in [7, 11) is 0. The Hall–Kier alpha value is -3.55. The van der Waals surface area contributed by atoms with Gasteiger partial charge in [-0.15, -0.1) is 12.4 Å². The minimum atomic E-state index is 0. The normalized spacial score (nSPS) is 10.7. The van der Waals surface area contributed by atoms with Gasteiger partial charge in [-0.05, 0) is 85.8 Å². The molecule has 43 heavy (non-hydrogen) atoms. The molecule has 0 atom stereocenters. The van der Waals surface area contributed by atoms with E-state index in [-0.39, 0.29) is 12.4 Å². The van der Waals surface area contributed by atoms with E-state index in [4.69, 9.17) is 47.6 Å². The van der Waals surface area contributed by atoms with Crippen LogP contribution in [0.2, 0.25) is 10.0 Å². The highest BCUT2D eigenvalue weighted by Gasteiger charge is 2.10. The average molecular weight is 676 g/mol. The number of hydrogen-bond acceptors (Lipinski definition) is 6. The van der Waals surface area contributed by atoms with Crippen molar-refractivity contribution < 1.29 is 0 Å². The minimum Gasteiger partial charge on any atom is -0.272 e. The molecule has 0 radical (unpaired) electrons. The van der Waals surface area contributed by atoms with Crippen molar-refractivity contribution in [2.75, 3.05) is 0 Å². The second-order valence-corrected chi connectivity index (χ2v) is 11.2. The molecule has 2 N–H and O–H groups in total. The molecule has 0 aliphatic heterocycles. The van der Waals surface area contributed by atoms with Crippen LogP contribution in [-0.4, -0.2) is 49.1 Å². The Kier molecular flexibility index (Phi) is 11.1. The highest BCUT2D eigenvalue weighted by atomic mass is 35.5. The molecular weight excluding hydrogens is 647 g/mol. The lowest BCUT2D eigenvalue weighted by atomic mass is 10.3. The predicted molar refractivity (Wildman–Crippen MR) is 176 cm³/mol. The van der Waals surface area contributed by atoms with Crippen LogP contribution in [0.15, 0.2) is 73.3 Å². The number of benzene rings is 2. The second kappa shape index (κ2) is 14.8. The zero-order valence-electron chi connectivity index (χ0n) is 23.3. The fourth-order valence-corrected chi connectivity index (χ4v) is 5.25. The van der Waals surface area contributed by atoms with Gasteiger partial charge < -0.3 is 0 Å². The van der Waals surface area contributed by atoms with Crippen molar-refractivity contribution in [3.05, 3.63) is 116 Å². The Labute approximate surface area is 274 Å². The Bertz CT molecular complexity index is 1780. The van der Waals surface area contributed by atoms with E-state index in [1.165, 1.54) is 0 Å². The van der Waals surface area contributed by atoms with E-state index in [1.54, 1.807) is 0 Å². The van der Waals surface area contributed by atoms with Crippen molar-refractivity contribution in [3.8, 4) is 11.4 Å². The summed E-state index contributed by atoms with van der Waals surface area (Å²) in [6.45, 7) is 5.53. The lowest BCUT2D eigenvalue weighted by molar-refractivity contribution is 0.594. The van der Waals surface area contributed by atoms with Crippen molar-refractivity contribution in [2.45, 2.75) is 39.8 Å². The molecule has 0 amide bonds. The maximum atomic E-state index is 6.05. The van der Waals surface area contributed by atoms with E-state index < -0.39 is 0 Å². The van der Waals surface area contributed by atoms with Gasteiger partial charge in [0.2, 0.25) is 0 Å². The van der Waals surface area contributed by atoms with E-state index in [2.05, 4.69) is 30.6 Å². The first-order valence-electron chi connectivity index (χ1n) is 13.1. The second-order valence-electron chi connectivity index (χ2n) is 9.58. The smallest absolute Gasteiger partial charge is 0.199 e. The van der Waals surface area contributed by atoms with Crippen LogP contribution in [0.5, 0.6) is 0 Å². The summed E-state index contributed by atoms with van der Waals surface area (Å²) in [6, 6.07) is 15.1. The molecule has 4 aromatic heterocycles. The van der Waals surface area contributed by atoms with Gasteiger partial charge in [0.1, 0.15) is 11.6 Å². The highest BCUT2D eigenvalue weighted by molar-refractivity contribution is 7.71. The molecule has 0 spiro atoms. The SMILES string of the molecule is Cc1cnn(CCc2n[nH]c(=S)n2-c2cccc(Cl)c2)c1.Cc1cnn(CCc2n[nH]c(=S)n2-c2cccc(Cl)c2)c1.Cl. The fourth-order valence-electron chi connectivity index (χ4n) is 4.37. The van der Waals surface area contributed by atoms with Crippen molar-refractivity contribution >= 4 is 60.0 Å². The molecule has 0 saturated heterocycles. The van der Waals surface area contributed by atoms with Crippen LogP contribution < -0.4 is 0 Å². The Morgan fingerprint density at radius 2 is 1.12 bits per heavy atom. The molecule has 0 unspecified atom stereocenters. The lowest BCUT2D eigenvalue weighted by Gasteiger charge is -2.07. The quantitative estimate of drug-likeness (QED) is 0.167. The molecule has 0 aliphatic carbocycles. The zero-order chi connectivity index (χ0) is 29.6. The third-order valence-electron chi connectivity index (χ3n) is 6.27. The molecule has 224 valence electrons. The topological polar surface area (TPSA) is 103 Å². The van der Waals surface area contributed by atoms with Gasteiger partial charge in [-0.1, -0.05) is 35.3 Å².